The van der Waals surface area contributed by atoms with Gasteiger partial charge in [0.25, 0.3) is 0 Å². The zero-order valence-electron chi connectivity index (χ0n) is 10.8. The normalized spacial score (nSPS) is 15.4. The summed E-state index contributed by atoms with van der Waals surface area (Å²) in [6.07, 6.45) is 0. The second-order valence-corrected chi connectivity index (χ2v) is 6.14. The SMILES string of the molecule is Cc1ccc(C(C)NCC(CN)C(C)C)s1. The van der Waals surface area contributed by atoms with Gasteiger partial charge in [-0.15, -0.1) is 11.3 Å². The molecule has 1 rings (SSSR count). The van der Waals surface area contributed by atoms with Gasteiger partial charge < -0.3 is 11.1 Å². The molecule has 92 valence electrons. The summed E-state index contributed by atoms with van der Waals surface area (Å²) in [6, 6.07) is 4.83. The van der Waals surface area contributed by atoms with Gasteiger partial charge in [0.1, 0.15) is 0 Å². The van der Waals surface area contributed by atoms with Gasteiger partial charge in [-0.3, -0.25) is 0 Å². The Balaban J connectivity index is 2.43. The van der Waals surface area contributed by atoms with Crippen molar-refractivity contribution in [3.05, 3.63) is 21.9 Å². The van der Waals surface area contributed by atoms with Crippen LogP contribution in [0.4, 0.5) is 0 Å². The highest BCUT2D eigenvalue weighted by Crippen LogP contribution is 2.22. The van der Waals surface area contributed by atoms with Crippen molar-refractivity contribution in [3.63, 3.8) is 0 Å². The van der Waals surface area contributed by atoms with Crippen molar-refractivity contribution in [3.8, 4) is 0 Å². The van der Waals surface area contributed by atoms with Gasteiger partial charge in [0.05, 0.1) is 0 Å². The molecule has 0 saturated carbocycles. The number of nitrogens with one attached hydrogen (secondary N) is 1. The van der Waals surface area contributed by atoms with E-state index in [9.17, 15) is 0 Å². The highest BCUT2D eigenvalue weighted by Gasteiger charge is 2.13. The fourth-order valence-corrected chi connectivity index (χ4v) is 2.61. The Morgan fingerprint density at radius 2 is 2.00 bits per heavy atom. The molecule has 0 radical (unpaired) electrons. The molecule has 16 heavy (non-hydrogen) atoms. The maximum absolute atomic E-state index is 5.77. The minimum atomic E-state index is 0.437. The van der Waals surface area contributed by atoms with Gasteiger partial charge in [-0.25, -0.2) is 0 Å². The zero-order chi connectivity index (χ0) is 12.1. The van der Waals surface area contributed by atoms with Crippen LogP contribution in [0.1, 0.15) is 36.6 Å². The first-order valence-corrected chi connectivity index (χ1v) is 6.86. The Morgan fingerprint density at radius 1 is 1.31 bits per heavy atom. The van der Waals surface area contributed by atoms with E-state index in [0.717, 1.165) is 13.1 Å². The molecule has 0 aliphatic heterocycles. The van der Waals surface area contributed by atoms with Gasteiger partial charge in [-0.2, -0.15) is 0 Å². The van der Waals surface area contributed by atoms with E-state index in [1.807, 2.05) is 11.3 Å². The number of thiophene rings is 1. The van der Waals surface area contributed by atoms with E-state index in [-0.39, 0.29) is 0 Å². The molecule has 0 spiro atoms. The van der Waals surface area contributed by atoms with E-state index >= 15 is 0 Å². The Morgan fingerprint density at radius 3 is 2.44 bits per heavy atom. The van der Waals surface area contributed by atoms with Crippen molar-refractivity contribution in [1.82, 2.24) is 5.32 Å². The van der Waals surface area contributed by atoms with Crippen LogP contribution in [0.25, 0.3) is 0 Å². The van der Waals surface area contributed by atoms with Crippen LogP contribution in [0.2, 0.25) is 0 Å². The summed E-state index contributed by atoms with van der Waals surface area (Å²) in [5.41, 5.74) is 5.77. The molecule has 0 aliphatic carbocycles. The van der Waals surface area contributed by atoms with Crippen LogP contribution in [0, 0.1) is 18.8 Å². The molecule has 0 aromatic carbocycles. The van der Waals surface area contributed by atoms with Crippen molar-refractivity contribution < 1.29 is 0 Å². The highest BCUT2D eigenvalue weighted by atomic mass is 32.1. The van der Waals surface area contributed by atoms with Crippen LogP contribution in [0.5, 0.6) is 0 Å². The van der Waals surface area contributed by atoms with E-state index in [2.05, 4.69) is 45.1 Å². The van der Waals surface area contributed by atoms with E-state index in [1.54, 1.807) is 0 Å². The summed E-state index contributed by atoms with van der Waals surface area (Å²) >= 11 is 1.87. The average Bonchev–Trinajstić information content (AvgIpc) is 2.65. The van der Waals surface area contributed by atoms with E-state index in [1.165, 1.54) is 9.75 Å². The molecule has 1 aromatic rings. The molecule has 3 N–H and O–H groups in total. The predicted octanol–water partition coefficient (Wildman–Crippen LogP) is 2.94. The standard InChI is InChI=1S/C13H24N2S/c1-9(2)12(7-14)8-15-11(4)13-6-5-10(3)16-13/h5-6,9,11-12,15H,7-8,14H2,1-4H3. The zero-order valence-corrected chi connectivity index (χ0v) is 11.6. The first kappa shape index (κ1) is 13.7. The maximum atomic E-state index is 5.77. The van der Waals surface area contributed by atoms with Gasteiger partial charge in [-0.1, -0.05) is 13.8 Å². The molecule has 2 atom stereocenters. The lowest BCUT2D eigenvalue weighted by Crippen LogP contribution is -2.32. The largest absolute Gasteiger partial charge is 0.330 e. The second kappa shape index (κ2) is 6.38. The van der Waals surface area contributed by atoms with Gasteiger partial charge in [0.15, 0.2) is 0 Å². The number of nitrogens with two attached hydrogens (primary N) is 1. The number of hydrogen-bond acceptors (Lipinski definition) is 3. The lowest BCUT2D eigenvalue weighted by atomic mass is 9.96. The van der Waals surface area contributed by atoms with E-state index < -0.39 is 0 Å². The molecular formula is C13H24N2S. The van der Waals surface area contributed by atoms with Crippen molar-refractivity contribution in [1.29, 1.82) is 0 Å². The summed E-state index contributed by atoms with van der Waals surface area (Å²) in [4.78, 5) is 2.79. The Hall–Kier alpha value is -0.380. The summed E-state index contributed by atoms with van der Waals surface area (Å²) in [5.74, 6) is 1.22. The topological polar surface area (TPSA) is 38.0 Å². The summed E-state index contributed by atoms with van der Waals surface area (Å²) < 4.78 is 0. The molecule has 3 heteroatoms. The lowest BCUT2D eigenvalue weighted by Gasteiger charge is -2.21. The number of aryl methyl sites for hydroxylation is 1. The summed E-state index contributed by atoms with van der Waals surface area (Å²) in [5, 5.41) is 3.58. The Bertz CT molecular complexity index is 307. The fourth-order valence-electron chi connectivity index (χ4n) is 1.71. The van der Waals surface area contributed by atoms with Crippen LogP contribution in [0.15, 0.2) is 12.1 Å². The Labute approximate surface area is 103 Å². The van der Waals surface area contributed by atoms with Gasteiger partial charge in [0.2, 0.25) is 0 Å². The smallest absolute Gasteiger partial charge is 0.0386 e. The number of rotatable bonds is 6. The lowest BCUT2D eigenvalue weighted by molar-refractivity contribution is 0.357. The Kier molecular flexibility index (Phi) is 5.46. The average molecular weight is 240 g/mol. The van der Waals surface area contributed by atoms with Crippen LogP contribution in [0.3, 0.4) is 0 Å². The van der Waals surface area contributed by atoms with Crippen LogP contribution >= 0.6 is 11.3 Å². The summed E-state index contributed by atoms with van der Waals surface area (Å²) in [7, 11) is 0. The first-order valence-electron chi connectivity index (χ1n) is 6.04. The molecule has 0 amide bonds. The molecule has 1 heterocycles. The maximum Gasteiger partial charge on any atom is 0.0386 e. The highest BCUT2D eigenvalue weighted by molar-refractivity contribution is 7.12. The van der Waals surface area contributed by atoms with Crippen molar-refractivity contribution >= 4 is 11.3 Å². The molecular weight excluding hydrogens is 216 g/mol. The van der Waals surface area contributed by atoms with Crippen LogP contribution < -0.4 is 11.1 Å². The first-order chi connectivity index (χ1) is 7.54. The minimum Gasteiger partial charge on any atom is -0.330 e. The van der Waals surface area contributed by atoms with Crippen molar-refractivity contribution in [2.75, 3.05) is 13.1 Å². The van der Waals surface area contributed by atoms with Gasteiger partial charge in [0, 0.05) is 15.8 Å². The molecule has 0 fully saturated rings. The van der Waals surface area contributed by atoms with Gasteiger partial charge >= 0.3 is 0 Å². The predicted molar refractivity (Wildman–Crippen MR) is 72.9 cm³/mol. The molecule has 2 unspecified atom stereocenters. The molecule has 1 aromatic heterocycles. The van der Waals surface area contributed by atoms with Crippen molar-refractivity contribution in [2.45, 2.75) is 33.7 Å². The van der Waals surface area contributed by atoms with Crippen LogP contribution in [-0.2, 0) is 0 Å². The van der Waals surface area contributed by atoms with Crippen molar-refractivity contribution in [2.24, 2.45) is 17.6 Å². The van der Waals surface area contributed by atoms with Gasteiger partial charge in [-0.05, 0) is 50.9 Å². The molecule has 0 bridgehead atoms. The second-order valence-electron chi connectivity index (χ2n) is 4.82. The van der Waals surface area contributed by atoms with E-state index in [0.29, 0.717) is 17.9 Å². The molecule has 0 saturated heterocycles. The third kappa shape index (κ3) is 3.89. The third-order valence-corrected chi connectivity index (χ3v) is 4.30. The molecule has 2 nitrogen and oxygen atoms in total. The van der Waals surface area contributed by atoms with E-state index in [4.69, 9.17) is 5.73 Å². The summed E-state index contributed by atoms with van der Waals surface area (Å²) in [6.45, 7) is 10.6. The third-order valence-electron chi connectivity index (χ3n) is 3.12. The molecule has 0 aliphatic rings. The monoisotopic (exact) mass is 240 g/mol. The van der Waals surface area contributed by atoms with Crippen LogP contribution in [-0.4, -0.2) is 13.1 Å². The quantitative estimate of drug-likeness (QED) is 0.802. The minimum absolute atomic E-state index is 0.437. The fraction of sp³-hybridized carbons (Fsp3) is 0.692. The number of hydrogen-bond donors (Lipinski definition) is 2.